The summed E-state index contributed by atoms with van der Waals surface area (Å²) >= 11 is 0. The van der Waals surface area contributed by atoms with E-state index >= 15 is 0 Å². The van der Waals surface area contributed by atoms with Crippen LogP contribution < -0.4 is 0 Å². The van der Waals surface area contributed by atoms with Crippen LogP contribution in [-0.4, -0.2) is 28.6 Å². The Balaban J connectivity index is 1.77. The van der Waals surface area contributed by atoms with Crippen LogP contribution in [0.3, 0.4) is 0 Å². The zero-order valence-electron chi connectivity index (χ0n) is 15.4. The van der Waals surface area contributed by atoms with Gasteiger partial charge >= 0.3 is 0 Å². The van der Waals surface area contributed by atoms with Gasteiger partial charge in [-0.15, -0.1) is 0 Å². The lowest BCUT2D eigenvalue weighted by molar-refractivity contribution is -0.151. The first-order chi connectivity index (χ1) is 11.7. The smallest absolute Gasteiger partial charge is 0.155 e. The van der Waals surface area contributed by atoms with Gasteiger partial charge in [-0.2, -0.15) is 0 Å². The molecule has 0 radical (unpaired) electrons. The molecule has 6 unspecified atom stereocenters. The first-order valence-corrected chi connectivity index (χ1v) is 9.63. The highest BCUT2D eigenvalue weighted by atomic mass is 16.3. The van der Waals surface area contributed by atoms with Crippen LogP contribution in [0.15, 0.2) is 11.6 Å². The molecule has 3 fully saturated rings. The Hall–Kier alpha value is -1.29. The third kappa shape index (κ3) is 2.19. The molecule has 0 aliphatic heterocycles. The molecule has 4 nitrogen and oxygen atoms in total. The standard InChI is InChI=1S/C21H28O4/c1-11(22)15-9-16(24)18-14-5-4-12-8-13(23)6-7-20(12,2)19(14)17(25)10-21(15,18)3/h8,14-16,18-19,24H,4-7,9-10H2,1-3H3/t14?,15?,16-,18?,19?,20?,21?/m0/s1. The highest BCUT2D eigenvalue weighted by molar-refractivity contribution is 5.93. The van der Waals surface area contributed by atoms with Crippen molar-refractivity contribution < 1.29 is 19.5 Å². The second-order valence-corrected chi connectivity index (χ2v) is 9.37. The lowest BCUT2D eigenvalue weighted by atomic mass is 9.46. The molecule has 0 aromatic heterocycles. The Morgan fingerprint density at radius 3 is 2.64 bits per heavy atom. The van der Waals surface area contributed by atoms with Gasteiger partial charge in [-0.3, -0.25) is 14.4 Å². The fraction of sp³-hybridized carbons (Fsp3) is 0.762. The normalized spacial score (nSPS) is 49.1. The van der Waals surface area contributed by atoms with Gasteiger partial charge in [0.1, 0.15) is 11.6 Å². The van der Waals surface area contributed by atoms with Crippen LogP contribution in [0.25, 0.3) is 0 Å². The minimum Gasteiger partial charge on any atom is -0.393 e. The third-order valence-electron chi connectivity index (χ3n) is 8.12. The van der Waals surface area contributed by atoms with Crippen LogP contribution in [0, 0.1) is 34.5 Å². The van der Waals surface area contributed by atoms with E-state index in [0.717, 1.165) is 24.8 Å². The summed E-state index contributed by atoms with van der Waals surface area (Å²) in [7, 11) is 0. The first kappa shape index (κ1) is 17.1. The van der Waals surface area contributed by atoms with Gasteiger partial charge in [0.15, 0.2) is 5.78 Å². The molecule has 0 amide bonds. The molecule has 0 saturated heterocycles. The van der Waals surface area contributed by atoms with E-state index < -0.39 is 11.5 Å². The lowest BCUT2D eigenvalue weighted by Gasteiger charge is -2.57. The maximum Gasteiger partial charge on any atom is 0.155 e. The number of rotatable bonds is 1. The molecule has 4 rings (SSSR count). The Bertz CT molecular complexity index is 692. The largest absolute Gasteiger partial charge is 0.393 e. The van der Waals surface area contributed by atoms with Crippen LogP contribution >= 0.6 is 0 Å². The number of carbonyl (C=O) groups excluding carboxylic acids is 3. The zero-order valence-corrected chi connectivity index (χ0v) is 15.4. The van der Waals surface area contributed by atoms with Crippen molar-refractivity contribution in [1.29, 1.82) is 0 Å². The average molecular weight is 344 g/mol. The number of aliphatic hydroxyl groups is 1. The Kier molecular flexibility index (Phi) is 3.67. The van der Waals surface area contributed by atoms with Crippen molar-refractivity contribution in [2.24, 2.45) is 34.5 Å². The highest BCUT2D eigenvalue weighted by Crippen LogP contribution is 2.65. The Morgan fingerprint density at radius 2 is 1.96 bits per heavy atom. The molecule has 4 aliphatic carbocycles. The molecule has 1 N–H and O–H groups in total. The van der Waals surface area contributed by atoms with Crippen molar-refractivity contribution in [2.75, 3.05) is 0 Å². The maximum absolute atomic E-state index is 13.3. The predicted octanol–water partition coefficient (Wildman–Crippen LogP) is 2.87. The third-order valence-corrected chi connectivity index (χ3v) is 8.12. The van der Waals surface area contributed by atoms with E-state index in [-0.39, 0.29) is 46.4 Å². The van der Waals surface area contributed by atoms with Crippen molar-refractivity contribution in [2.45, 2.75) is 65.4 Å². The number of ketones is 3. The molecule has 0 bridgehead atoms. The van der Waals surface area contributed by atoms with Crippen molar-refractivity contribution in [3.05, 3.63) is 11.6 Å². The van der Waals surface area contributed by atoms with Crippen LogP contribution in [0.1, 0.15) is 59.3 Å². The van der Waals surface area contributed by atoms with Crippen LogP contribution in [-0.2, 0) is 14.4 Å². The number of carbonyl (C=O) groups is 3. The lowest BCUT2D eigenvalue weighted by Crippen LogP contribution is -2.56. The summed E-state index contributed by atoms with van der Waals surface area (Å²) in [6, 6.07) is 0. The van der Waals surface area contributed by atoms with Gasteiger partial charge in [-0.05, 0) is 61.3 Å². The number of aliphatic hydroxyl groups excluding tert-OH is 1. The SMILES string of the molecule is CC(=O)C1C[C@H](O)C2C3CCC4=CC(=O)CCC4(C)C3C(=O)CC12C. The zero-order chi connectivity index (χ0) is 18.1. The molecule has 25 heavy (non-hydrogen) atoms. The average Bonchev–Trinajstić information content (AvgIpc) is 2.78. The van der Waals surface area contributed by atoms with Crippen LogP contribution in [0.5, 0.6) is 0 Å². The number of Topliss-reactive ketones (excluding diaryl/α,β-unsaturated/α-hetero) is 2. The minimum atomic E-state index is -0.501. The summed E-state index contributed by atoms with van der Waals surface area (Å²) in [6.45, 7) is 5.79. The van der Waals surface area contributed by atoms with Gasteiger partial charge in [-0.25, -0.2) is 0 Å². The molecule has 0 spiro atoms. The molecule has 7 atom stereocenters. The van der Waals surface area contributed by atoms with E-state index in [1.54, 1.807) is 13.0 Å². The molecule has 0 aromatic rings. The summed E-state index contributed by atoms with van der Waals surface area (Å²) in [5, 5.41) is 10.8. The fourth-order valence-electron chi connectivity index (χ4n) is 7.09. The monoisotopic (exact) mass is 344 g/mol. The van der Waals surface area contributed by atoms with Crippen molar-refractivity contribution in [3.8, 4) is 0 Å². The predicted molar refractivity (Wildman–Crippen MR) is 92.7 cm³/mol. The maximum atomic E-state index is 13.3. The summed E-state index contributed by atoms with van der Waals surface area (Å²) < 4.78 is 0. The molecule has 4 heteroatoms. The van der Waals surface area contributed by atoms with Gasteiger partial charge in [0.2, 0.25) is 0 Å². The summed E-state index contributed by atoms with van der Waals surface area (Å²) in [6.07, 6.45) is 5.08. The van der Waals surface area contributed by atoms with E-state index in [2.05, 4.69) is 6.92 Å². The number of hydrogen-bond donors (Lipinski definition) is 1. The second kappa shape index (κ2) is 5.35. The van der Waals surface area contributed by atoms with E-state index in [0.29, 0.717) is 19.3 Å². The van der Waals surface area contributed by atoms with E-state index in [1.165, 1.54) is 0 Å². The molecule has 4 aliphatic rings. The van der Waals surface area contributed by atoms with E-state index in [9.17, 15) is 19.5 Å². The number of fused-ring (bicyclic) bond motifs is 5. The van der Waals surface area contributed by atoms with Crippen LogP contribution in [0.2, 0.25) is 0 Å². The topological polar surface area (TPSA) is 71.4 Å². The molecule has 3 saturated carbocycles. The molecular formula is C21H28O4. The van der Waals surface area contributed by atoms with Crippen molar-refractivity contribution in [1.82, 2.24) is 0 Å². The number of hydrogen-bond acceptors (Lipinski definition) is 4. The summed E-state index contributed by atoms with van der Waals surface area (Å²) in [5.74, 6) is 0.333. The van der Waals surface area contributed by atoms with Gasteiger partial charge in [0, 0.05) is 24.7 Å². The first-order valence-electron chi connectivity index (χ1n) is 9.63. The van der Waals surface area contributed by atoms with Gasteiger partial charge in [0.05, 0.1) is 6.10 Å². The highest BCUT2D eigenvalue weighted by Gasteiger charge is 2.65. The van der Waals surface area contributed by atoms with Gasteiger partial charge in [0.25, 0.3) is 0 Å². The van der Waals surface area contributed by atoms with E-state index in [4.69, 9.17) is 0 Å². The van der Waals surface area contributed by atoms with Crippen LogP contribution in [0.4, 0.5) is 0 Å². The molecule has 0 heterocycles. The summed E-state index contributed by atoms with van der Waals surface area (Å²) in [5.41, 5.74) is 0.479. The quantitative estimate of drug-likeness (QED) is 0.794. The molecular weight excluding hydrogens is 316 g/mol. The Morgan fingerprint density at radius 1 is 1.24 bits per heavy atom. The second-order valence-electron chi connectivity index (χ2n) is 9.37. The van der Waals surface area contributed by atoms with Gasteiger partial charge in [-0.1, -0.05) is 19.4 Å². The fourth-order valence-corrected chi connectivity index (χ4v) is 7.09. The Labute approximate surface area is 149 Å². The summed E-state index contributed by atoms with van der Waals surface area (Å²) in [4.78, 5) is 37.3. The van der Waals surface area contributed by atoms with Crippen molar-refractivity contribution >= 4 is 17.3 Å². The minimum absolute atomic E-state index is 0.0140. The molecule has 136 valence electrons. The van der Waals surface area contributed by atoms with E-state index in [1.807, 2.05) is 6.92 Å². The van der Waals surface area contributed by atoms with Gasteiger partial charge < -0.3 is 5.11 Å². The number of allylic oxidation sites excluding steroid dienone is 1. The molecule has 0 aromatic carbocycles. The van der Waals surface area contributed by atoms with Crippen molar-refractivity contribution in [3.63, 3.8) is 0 Å².